The summed E-state index contributed by atoms with van der Waals surface area (Å²) in [6, 6.07) is 12.9. The Morgan fingerprint density at radius 1 is 1.17 bits per heavy atom. The van der Waals surface area contributed by atoms with Crippen LogP contribution in [0.3, 0.4) is 0 Å². The molecule has 0 unspecified atom stereocenters. The van der Waals surface area contributed by atoms with Gasteiger partial charge in [0.2, 0.25) is 0 Å². The fourth-order valence-electron chi connectivity index (χ4n) is 2.83. The number of hydrogen-bond donors (Lipinski definition) is 2. The van der Waals surface area contributed by atoms with Crippen molar-refractivity contribution >= 4 is 5.96 Å². The number of hydrogen-bond acceptors (Lipinski definition) is 2. The van der Waals surface area contributed by atoms with Crippen molar-refractivity contribution in [3.05, 3.63) is 65.7 Å². The van der Waals surface area contributed by atoms with Crippen molar-refractivity contribution in [3.8, 4) is 0 Å². The molecule has 0 radical (unpaired) electrons. The molecular formula is C19H23FN4. The summed E-state index contributed by atoms with van der Waals surface area (Å²) in [7, 11) is 0. The van der Waals surface area contributed by atoms with E-state index in [-0.39, 0.29) is 11.2 Å². The summed E-state index contributed by atoms with van der Waals surface area (Å²) >= 11 is 0. The van der Waals surface area contributed by atoms with Crippen LogP contribution in [0.25, 0.3) is 0 Å². The molecule has 0 atom stereocenters. The van der Waals surface area contributed by atoms with Crippen molar-refractivity contribution in [3.63, 3.8) is 0 Å². The van der Waals surface area contributed by atoms with Gasteiger partial charge in [0.05, 0.1) is 12.2 Å². The maximum absolute atomic E-state index is 14.1. The van der Waals surface area contributed by atoms with E-state index >= 15 is 0 Å². The number of pyridine rings is 1. The Morgan fingerprint density at radius 2 is 1.96 bits per heavy atom. The van der Waals surface area contributed by atoms with Crippen LogP contribution in [0.15, 0.2) is 53.7 Å². The highest BCUT2D eigenvalue weighted by molar-refractivity contribution is 5.79. The number of guanidine groups is 1. The molecule has 2 aromatic rings. The van der Waals surface area contributed by atoms with Crippen LogP contribution in [0.2, 0.25) is 0 Å². The second kappa shape index (κ2) is 7.43. The van der Waals surface area contributed by atoms with Crippen molar-refractivity contribution in [2.24, 2.45) is 4.99 Å². The van der Waals surface area contributed by atoms with Gasteiger partial charge >= 0.3 is 0 Å². The van der Waals surface area contributed by atoms with E-state index in [1.807, 2.05) is 37.3 Å². The lowest BCUT2D eigenvalue weighted by Gasteiger charge is -2.19. The lowest BCUT2D eigenvalue weighted by atomic mass is 9.95. The summed E-state index contributed by atoms with van der Waals surface area (Å²) in [5, 5.41) is 6.60. The minimum Gasteiger partial charge on any atom is -0.357 e. The average molecular weight is 326 g/mol. The van der Waals surface area contributed by atoms with Crippen LogP contribution in [0.4, 0.5) is 4.39 Å². The Kier molecular flexibility index (Phi) is 5.08. The lowest BCUT2D eigenvalue weighted by Crippen LogP contribution is -2.41. The summed E-state index contributed by atoms with van der Waals surface area (Å²) in [4.78, 5) is 8.85. The summed E-state index contributed by atoms with van der Waals surface area (Å²) in [6.07, 6.45) is 3.77. The van der Waals surface area contributed by atoms with Gasteiger partial charge < -0.3 is 10.6 Å². The topological polar surface area (TPSA) is 49.3 Å². The van der Waals surface area contributed by atoms with Crippen LogP contribution in [-0.4, -0.2) is 24.0 Å². The minimum absolute atomic E-state index is 0.105. The molecule has 0 spiro atoms. The molecule has 1 aliphatic carbocycles. The molecule has 1 aromatic carbocycles. The zero-order chi connectivity index (χ0) is 16.8. The van der Waals surface area contributed by atoms with Crippen LogP contribution in [0, 0.1) is 5.82 Å². The van der Waals surface area contributed by atoms with Gasteiger partial charge in [0.25, 0.3) is 0 Å². The zero-order valence-corrected chi connectivity index (χ0v) is 13.9. The Morgan fingerprint density at radius 3 is 2.62 bits per heavy atom. The molecule has 1 fully saturated rings. The molecule has 1 aliphatic rings. The van der Waals surface area contributed by atoms with Crippen LogP contribution in [0.5, 0.6) is 0 Å². The molecule has 5 heteroatoms. The van der Waals surface area contributed by atoms with Crippen LogP contribution >= 0.6 is 0 Å². The molecule has 0 amide bonds. The molecule has 24 heavy (non-hydrogen) atoms. The summed E-state index contributed by atoms with van der Waals surface area (Å²) in [6.45, 7) is 4.01. The SMILES string of the molecule is CCNC(=NCc1ccccn1)NCC1(c2ccccc2F)CC1. The second-order valence-corrected chi connectivity index (χ2v) is 6.13. The smallest absolute Gasteiger partial charge is 0.191 e. The minimum atomic E-state index is -0.118. The van der Waals surface area contributed by atoms with Gasteiger partial charge in [-0.3, -0.25) is 4.98 Å². The molecule has 1 saturated carbocycles. The van der Waals surface area contributed by atoms with Gasteiger partial charge in [-0.15, -0.1) is 0 Å². The van der Waals surface area contributed by atoms with E-state index in [4.69, 9.17) is 0 Å². The molecule has 1 heterocycles. The highest BCUT2D eigenvalue weighted by atomic mass is 19.1. The number of rotatable bonds is 6. The van der Waals surface area contributed by atoms with Gasteiger partial charge in [0, 0.05) is 24.7 Å². The van der Waals surface area contributed by atoms with E-state index in [2.05, 4.69) is 20.6 Å². The zero-order valence-electron chi connectivity index (χ0n) is 13.9. The van der Waals surface area contributed by atoms with Gasteiger partial charge in [-0.25, -0.2) is 9.38 Å². The Bertz CT molecular complexity index is 696. The van der Waals surface area contributed by atoms with E-state index in [9.17, 15) is 4.39 Å². The summed E-state index contributed by atoms with van der Waals surface area (Å²) in [5.41, 5.74) is 1.62. The first-order chi connectivity index (χ1) is 11.7. The number of nitrogens with one attached hydrogen (secondary N) is 2. The summed E-state index contributed by atoms with van der Waals surface area (Å²) in [5.74, 6) is 0.623. The Balaban J connectivity index is 1.65. The highest BCUT2D eigenvalue weighted by Gasteiger charge is 2.45. The molecule has 0 bridgehead atoms. The quantitative estimate of drug-likeness (QED) is 0.634. The van der Waals surface area contributed by atoms with Crippen LogP contribution < -0.4 is 10.6 Å². The Labute approximate surface area is 142 Å². The maximum Gasteiger partial charge on any atom is 0.191 e. The first-order valence-electron chi connectivity index (χ1n) is 8.41. The van der Waals surface area contributed by atoms with E-state index in [1.54, 1.807) is 12.3 Å². The Hall–Kier alpha value is -2.43. The van der Waals surface area contributed by atoms with Crippen LogP contribution in [-0.2, 0) is 12.0 Å². The first kappa shape index (κ1) is 16.4. The third-order valence-corrected chi connectivity index (χ3v) is 4.36. The van der Waals surface area contributed by atoms with Crippen molar-refractivity contribution in [2.45, 2.75) is 31.7 Å². The number of benzene rings is 1. The predicted molar refractivity (Wildman–Crippen MR) is 94.4 cm³/mol. The highest BCUT2D eigenvalue weighted by Crippen LogP contribution is 2.48. The standard InChI is InChI=1S/C19H23FN4/c1-2-21-18(23-13-15-7-5-6-12-22-15)24-14-19(10-11-19)16-8-3-4-9-17(16)20/h3-9,12H,2,10-11,13-14H2,1H3,(H2,21,23,24). The van der Waals surface area contributed by atoms with Gasteiger partial charge in [-0.1, -0.05) is 24.3 Å². The normalized spacial score (nSPS) is 15.8. The second-order valence-electron chi connectivity index (χ2n) is 6.13. The largest absolute Gasteiger partial charge is 0.357 e. The maximum atomic E-state index is 14.1. The third kappa shape index (κ3) is 3.91. The van der Waals surface area contributed by atoms with E-state index in [1.165, 1.54) is 6.07 Å². The lowest BCUT2D eigenvalue weighted by molar-refractivity contribution is 0.559. The fraction of sp³-hybridized carbons (Fsp3) is 0.368. The number of aromatic nitrogens is 1. The average Bonchev–Trinajstić information content (AvgIpc) is 3.40. The predicted octanol–water partition coefficient (Wildman–Crippen LogP) is 3.01. The molecule has 1 aromatic heterocycles. The number of halogens is 1. The first-order valence-corrected chi connectivity index (χ1v) is 8.41. The van der Waals surface area contributed by atoms with E-state index in [0.717, 1.165) is 36.6 Å². The monoisotopic (exact) mass is 326 g/mol. The molecule has 0 saturated heterocycles. The number of aliphatic imine (C=N–C) groups is 1. The summed E-state index contributed by atoms with van der Waals surface area (Å²) < 4.78 is 14.1. The molecule has 3 rings (SSSR count). The molecule has 126 valence electrons. The molecular weight excluding hydrogens is 303 g/mol. The molecule has 4 nitrogen and oxygen atoms in total. The van der Waals surface area contributed by atoms with Gasteiger partial charge in [0.15, 0.2) is 5.96 Å². The fourth-order valence-corrected chi connectivity index (χ4v) is 2.83. The van der Waals surface area contributed by atoms with E-state index in [0.29, 0.717) is 13.1 Å². The van der Waals surface area contributed by atoms with Gasteiger partial charge in [-0.2, -0.15) is 0 Å². The van der Waals surface area contributed by atoms with Crippen LogP contribution in [0.1, 0.15) is 31.0 Å². The van der Waals surface area contributed by atoms with Crippen molar-refractivity contribution in [1.29, 1.82) is 0 Å². The van der Waals surface area contributed by atoms with Crippen molar-refractivity contribution < 1.29 is 4.39 Å². The van der Waals surface area contributed by atoms with Gasteiger partial charge in [-0.05, 0) is 43.5 Å². The number of nitrogens with zero attached hydrogens (tertiary/aromatic N) is 2. The van der Waals surface area contributed by atoms with Crippen molar-refractivity contribution in [2.75, 3.05) is 13.1 Å². The van der Waals surface area contributed by atoms with Crippen molar-refractivity contribution in [1.82, 2.24) is 15.6 Å². The molecule has 2 N–H and O–H groups in total. The van der Waals surface area contributed by atoms with Gasteiger partial charge in [0.1, 0.15) is 5.82 Å². The third-order valence-electron chi connectivity index (χ3n) is 4.36. The van der Waals surface area contributed by atoms with E-state index < -0.39 is 0 Å². The molecule has 0 aliphatic heterocycles.